The average Bonchev–Trinajstić information content (AvgIpc) is 2.39. The van der Waals surface area contributed by atoms with Crippen molar-refractivity contribution in [1.82, 2.24) is 14.9 Å². The fraction of sp³-hybridized carbons (Fsp3) is 0.583. The largest absolute Gasteiger partial charge is 0.356 e. The lowest BCUT2D eigenvalue weighted by molar-refractivity contribution is -0.130. The van der Waals surface area contributed by atoms with E-state index in [-0.39, 0.29) is 11.7 Å². The number of carbonyl (C=O) groups excluding carboxylic acids is 1. The molecule has 100 valence electrons. The Morgan fingerprint density at radius 3 is 2.72 bits per heavy atom. The van der Waals surface area contributed by atoms with Gasteiger partial charge in [0.2, 0.25) is 5.91 Å². The molecule has 0 fully saturated rings. The number of anilines is 1. The number of hydrogen-bond donors (Lipinski definition) is 1. The van der Waals surface area contributed by atoms with Gasteiger partial charge < -0.3 is 10.2 Å². The first-order valence-electron chi connectivity index (χ1n) is 6.02. The van der Waals surface area contributed by atoms with Crippen LogP contribution in [0, 0.1) is 5.82 Å². The molecule has 1 aromatic rings. The number of carbonyl (C=O) groups is 1. The van der Waals surface area contributed by atoms with Crippen molar-refractivity contribution in [3.8, 4) is 0 Å². The van der Waals surface area contributed by atoms with Crippen LogP contribution in [0.15, 0.2) is 6.33 Å². The molecule has 1 N–H and O–H groups in total. The maximum Gasteiger partial charge on any atom is 0.244 e. The Hall–Kier alpha value is -1.72. The molecule has 0 radical (unpaired) electrons. The molecule has 0 bridgehead atoms. The minimum atomic E-state index is -0.524. The van der Waals surface area contributed by atoms with E-state index in [1.54, 1.807) is 18.9 Å². The van der Waals surface area contributed by atoms with E-state index in [4.69, 9.17) is 0 Å². The summed E-state index contributed by atoms with van der Waals surface area (Å²) in [5, 5.41) is 2.78. The van der Waals surface area contributed by atoms with Crippen molar-refractivity contribution in [2.75, 3.05) is 18.9 Å². The zero-order valence-corrected chi connectivity index (χ0v) is 11.2. The number of aryl methyl sites for hydroxylation is 1. The van der Waals surface area contributed by atoms with Gasteiger partial charge in [-0.15, -0.1) is 0 Å². The molecular weight excluding hydrogens is 235 g/mol. The third kappa shape index (κ3) is 3.15. The van der Waals surface area contributed by atoms with Gasteiger partial charge in [-0.3, -0.25) is 4.79 Å². The minimum Gasteiger partial charge on any atom is -0.356 e. The van der Waals surface area contributed by atoms with Crippen molar-refractivity contribution >= 4 is 11.7 Å². The Labute approximate surface area is 106 Å². The summed E-state index contributed by atoms with van der Waals surface area (Å²) in [6, 6.07) is -0.524. The summed E-state index contributed by atoms with van der Waals surface area (Å²) in [4.78, 5) is 21.1. The molecule has 0 saturated carbocycles. The van der Waals surface area contributed by atoms with Gasteiger partial charge >= 0.3 is 0 Å². The summed E-state index contributed by atoms with van der Waals surface area (Å²) >= 11 is 0. The van der Waals surface area contributed by atoms with Gasteiger partial charge in [-0.2, -0.15) is 0 Å². The molecule has 0 aliphatic heterocycles. The van der Waals surface area contributed by atoms with E-state index < -0.39 is 11.9 Å². The van der Waals surface area contributed by atoms with E-state index in [9.17, 15) is 9.18 Å². The Balaban J connectivity index is 2.82. The van der Waals surface area contributed by atoms with Crippen molar-refractivity contribution in [3.05, 3.63) is 17.8 Å². The summed E-state index contributed by atoms with van der Waals surface area (Å²) in [5.74, 6) is -0.514. The Morgan fingerprint density at radius 1 is 1.50 bits per heavy atom. The van der Waals surface area contributed by atoms with Crippen LogP contribution in [0.1, 0.15) is 26.5 Å². The highest BCUT2D eigenvalue weighted by atomic mass is 19.1. The van der Waals surface area contributed by atoms with Gasteiger partial charge in [0, 0.05) is 13.6 Å². The fourth-order valence-electron chi connectivity index (χ4n) is 1.51. The van der Waals surface area contributed by atoms with E-state index in [1.807, 2.05) is 13.8 Å². The Kier molecular flexibility index (Phi) is 5.00. The number of halogens is 1. The highest BCUT2D eigenvalue weighted by molar-refractivity contribution is 5.83. The van der Waals surface area contributed by atoms with Gasteiger partial charge in [0.15, 0.2) is 11.6 Å². The van der Waals surface area contributed by atoms with Gasteiger partial charge in [0.25, 0.3) is 0 Å². The zero-order chi connectivity index (χ0) is 13.7. The lowest BCUT2D eigenvalue weighted by Crippen LogP contribution is -2.39. The summed E-state index contributed by atoms with van der Waals surface area (Å²) < 4.78 is 13.9. The number of hydrogen-bond acceptors (Lipinski definition) is 4. The molecule has 1 aromatic heterocycles. The second-order valence-corrected chi connectivity index (χ2v) is 4.05. The molecule has 0 saturated heterocycles. The number of nitrogens with zero attached hydrogens (tertiary/aromatic N) is 3. The molecule has 5 nitrogen and oxygen atoms in total. The summed E-state index contributed by atoms with van der Waals surface area (Å²) in [6.07, 6.45) is 1.78. The lowest BCUT2D eigenvalue weighted by atomic mass is 10.2. The smallest absolute Gasteiger partial charge is 0.244 e. The van der Waals surface area contributed by atoms with Crippen LogP contribution in [-0.4, -0.2) is 40.4 Å². The molecule has 1 atom stereocenters. The van der Waals surface area contributed by atoms with E-state index >= 15 is 0 Å². The number of amides is 1. The van der Waals surface area contributed by atoms with Crippen LogP contribution in [0.5, 0.6) is 0 Å². The van der Waals surface area contributed by atoms with Crippen LogP contribution in [0.25, 0.3) is 0 Å². The lowest BCUT2D eigenvalue weighted by Gasteiger charge is -2.21. The van der Waals surface area contributed by atoms with Crippen LogP contribution in [-0.2, 0) is 11.2 Å². The SMILES string of the molecule is CCc1ncnc(NC(C)C(=O)N(C)CC)c1F. The van der Waals surface area contributed by atoms with Crippen molar-refractivity contribution in [2.45, 2.75) is 33.2 Å². The molecule has 1 unspecified atom stereocenters. The number of aromatic nitrogens is 2. The second-order valence-electron chi connectivity index (χ2n) is 4.05. The summed E-state index contributed by atoms with van der Waals surface area (Å²) in [7, 11) is 1.70. The summed E-state index contributed by atoms with van der Waals surface area (Å²) in [5.41, 5.74) is 0.344. The Morgan fingerprint density at radius 2 is 2.17 bits per heavy atom. The maximum absolute atomic E-state index is 13.9. The van der Waals surface area contributed by atoms with Gasteiger partial charge in [-0.05, 0) is 20.3 Å². The predicted molar refractivity (Wildman–Crippen MR) is 67.8 cm³/mol. The number of likely N-dealkylation sites (N-methyl/N-ethyl adjacent to an activating group) is 1. The van der Waals surface area contributed by atoms with E-state index in [0.29, 0.717) is 18.7 Å². The highest BCUT2D eigenvalue weighted by Crippen LogP contribution is 2.14. The maximum atomic E-state index is 13.9. The topological polar surface area (TPSA) is 58.1 Å². The first-order valence-corrected chi connectivity index (χ1v) is 6.02. The predicted octanol–water partition coefficient (Wildman–Crippen LogP) is 1.46. The second kappa shape index (κ2) is 6.28. The Bertz CT molecular complexity index is 425. The van der Waals surface area contributed by atoms with E-state index in [1.165, 1.54) is 6.33 Å². The van der Waals surface area contributed by atoms with Crippen LogP contribution in [0.4, 0.5) is 10.2 Å². The third-order valence-electron chi connectivity index (χ3n) is 2.77. The van der Waals surface area contributed by atoms with E-state index in [2.05, 4.69) is 15.3 Å². The first kappa shape index (κ1) is 14.3. The van der Waals surface area contributed by atoms with Crippen molar-refractivity contribution in [2.24, 2.45) is 0 Å². The molecule has 18 heavy (non-hydrogen) atoms. The van der Waals surface area contributed by atoms with Crippen molar-refractivity contribution in [3.63, 3.8) is 0 Å². The molecule has 0 aliphatic rings. The highest BCUT2D eigenvalue weighted by Gasteiger charge is 2.19. The molecular formula is C12H19FN4O. The number of nitrogens with one attached hydrogen (secondary N) is 1. The average molecular weight is 254 g/mol. The molecule has 1 heterocycles. The third-order valence-corrected chi connectivity index (χ3v) is 2.77. The standard InChI is InChI=1S/C12H19FN4O/c1-5-9-10(13)11(15-7-14-9)16-8(3)12(18)17(4)6-2/h7-8H,5-6H2,1-4H3,(H,14,15,16). The zero-order valence-electron chi connectivity index (χ0n) is 11.2. The molecule has 1 rings (SSSR count). The summed E-state index contributed by atoms with van der Waals surface area (Å²) in [6.45, 7) is 5.98. The molecule has 6 heteroatoms. The van der Waals surface area contributed by atoms with Gasteiger partial charge in [0.1, 0.15) is 12.4 Å². The molecule has 0 aliphatic carbocycles. The van der Waals surface area contributed by atoms with Crippen LogP contribution >= 0.6 is 0 Å². The van der Waals surface area contributed by atoms with Gasteiger partial charge in [-0.25, -0.2) is 14.4 Å². The molecule has 1 amide bonds. The van der Waals surface area contributed by atoms with Crippen molar-refractivity contribution in [1.29, 1.82) is 0 Å². The number of rotatable bonds is 5. The normalized spacial score (nSPS) is 12.1. The molecule has 0 aromatic carbocycles. The van der Waals surface area contributed by atoms with Gasteiger partial charge in [-0.1, -0.05) is 6.92 Å². The monoisotopic (exact) mass is 254 g/mol. The van der Waals surface area contributed by atoms with Crippen molar-refractivity contribution < 1.29 is 9.18 Å². The first-order chi connectivity index (χ1) is 8.51. The quantitative estimate of drug-likeness (QED) is 0.864. The minimum absolute atomic E-state index is 0.0761. The van der Waals surface area contributed by atoms with E-state index in [0.717, 1.165) is 0 Å². The fourth-order valence-corrected chi connectivity index (χ4v) is 1.51. The molecule has 0 spiro atoms. The van der Waals surface area contributed by atoms with Gasteiger partial charge in [0.05, 0.1) is 5.69 Å². The van der Waals surface area contributed by atoms with Crippen LogP contribution in [0.2, 0.25) is 0 Å². The van der Waals surface area contributed by atoms with Crippen LogP contribution < -0.4 is 5.32 Å². The van der Waals surface area contributed by atoms with Crippen LogP contribution in [0.3, 0.4) is 0 Å².